The molecule has 100 valence electrons. The summed E-state index contributed by atoms with van der Waals surface area (Å²) in [6, 6.07) is 0. The van der Waals surface area contributed by atoms with Crippen molar-refractivity contribution in [1.29, 1.82) is 0 Å². The fourth-order valence-corrected chi connectivity index (χ4v) is 1.46. The van der Waals surface area contributed by atoms with Crippen molar-refractivity contribution >= 4 is 5.97 Å². The van der Waals surface area contributed by atoms with Crippen LogP contribution in [-0.2, 0) is 14.3 Å². The Kier molecular flexibility index (Phi) is 5.88. The Morgan fingerprint density at radius 2 is 2.24 bits per heavy atom. The SMILES string of the molecule is COC(=O)C(C)(O)CNCCCOCC1CC1. The highest BCUT2D eigenvalue weighted by Crippen LogP contribution is 2.28. The van der Waals surface area contributed by atoms with E-state index in [0.717, 1.165) is 32.1 Å². The molecule has 1 atom stereocenters. The molecule has 0 amide bonds. The average Bonchev–Trinajstić information content (AvgIpc) is 3.10. The molecule has 1 unspecified atom stereocenters. The lowest BCUT2D eigenvalue weighted by molar-refractivity contribution is -0.159. The first-order chi connectivity index (χ1) is 8.06. The molecule has 1 aliphatic rings. The third kappa shape index (κ3) is 6.00. The average molecular weight is 245 g/mol. The van der Waals surface area contributed by atoms with E-state index < -0.39 is 11.6 Å². The van der Waals surface area contributed by atoms with Gasteiger partial charge in [-0.25, -0.2) is 4.79 Å². The number of nitrogens with one attached hydrogen (secondary N) is 1. The van der Waals surface area contributed by atoms with Crippen LogP contribution in [0, 0.1) is 5.92 Å². The number of ether oxygens (including phenoxy) is 2. The summed E-state index contributed by atoms with van der Waals surface area (Å²) in [7, 11) is 1.27. The molecule has 0 saturated heterocycles. The highest BCUT2D eigenvalue weighted by Gasteiger charge is 2.30. The van der Waals surface area contributed by atoms with Gasteiger partial charge in [-0.3, -0.25) is 0 Å². The van der Waals surface area contributed by atoms with Crippen LogP contribution in [-0.4, -0.2) is 50.1 Å². The van der Waals surface area contributed by atoms with E-state index in [1.807, 2.05) is 0 Å². The number of rotatable bonds is 9. The second kappa shape index (κ2) is 6.93. The van der Waals surface area contributed by atoms with Gasteiger partial charge in [0.1, 0.15) is 0 Å². The van der Waals surface area contributed by atoms with Crippen molar-refractivity contribution in [3.63, 3.8) is 0 Å². The van der Waals surface area contributed by atoms with E-state index in [9.17, 15) is 9.90 Å². The maximum absolute atomic E-state index is 11.1. The standard InChI is InChI=1S/C12H23NO4/c1-12(15,11(14)16-2)9-13-6-3-7-17-8-10-4-5-10/h10,13,15H,3-9H2,1-2H3. The van der Waals surface area contributed by atoms with Gasteiger partial charge in [-0.1, -0.05) is 0 Å². The summed E-state index contributed by atoms with van der Waals surface area (Å²) in [4.78, 5) is 11.1. The Hall–Kier alpha value is -0.650. The van der Waals surface area contributed by atoms with Gasteiger partial charge >= 0.3 is 5.97 Å². The van der Waals surface area contributed by atoms with Crippen LogP contribution in [0.15, 0.2) is 0 Å². The molecule has 2 N–H and O–H groups in total. The quantitative estimate of drug-likeness (QED) is 0.452. The van der Waals surface area contributed by atoms with Crippen molar-refractivity contribution in [3.8, 4) is 0 Å². The van der Waals surface area contributed by atoms with Crippen molar-refractivity contribution in [2.45, 2.75) is 31.8 Å². The van der Waals surface area contributed by atoms with Gasteiger partial charge in [-0.2, -0.15) is 0 Å². The van der Waals surface area contributed by atoms with Gasteiger partial charge in [0.05, 0.1) is 7.11 Å². The van der Waals surface area contributed by atoms with E-state index in [4.69, 9.17) is 4.74 Å². The predicted molar refractivity (Wildman–Crippen MR) is 63.7 cm³/mol. The molecule has 0 spiro atoms. The van der Waals surface area contributed by atoms with Crippen LogP contribution in [0.3, 0.4) is 0 Å². The molecular formula is C12H23NO4. The number of carbonyl (C=O) groups is 1. The number of aliphatic hydroxyl groups is 1. The van der Waals surface area contributed by atoms with Gasteiger partial charge in [0.2, 0.25) is 0 Å². The topological polar surface area (TPSA) is 67.8 Å². The first-order valence-electron chi connectivity index (χ1n) is 6.15. The van der Waals surface area contributed by atoms with Crippen LogP contribution in [0.4, 0.5) is 0 Å². The highest BCUT2D eigenvalue weighted by atomic mass is 16.5. The number of methoxy groups -OCH3 is 1. The summed E-state index contributed by atoms with van der Waals surface area (Å²) >= 11 is 0. The second-order valence-electron chi connectivity index (χ2n) is 4.81. The molecule has 5 heteroatoms. The maximum Gasteiger partial charge on any atom is 0.338 e. The fourth-order valence-electron chi connectivity index (χ4n) is 1.46. The number of hydrogen-bond donors (Lipinski definition) is 2. The molecule has 0 radical (unpaired) electrons. The zero-order valence-electron chi connectivity index (χ0n) is 10.7. The Morgan fingerprint density at radius 1 is 1.53 bits per heavy atom. The first-order valence-corrected chi connectivity index (χ1v) is 6.15. The third-order valence-corrected chi connectivity index (χ3v) is 2.79. The minimum atomic E-state index is -1.45. The molecule has 1 rings (SSSR count). The van der Waals surface area contributed by atoms with Gasteiger partial charge < -0.3 is 19.9 Å². The first kappa shape index (κ1) is 14.4. The van der Waals surface area contributed by atoms with E-state index in [1.165, 1.54) is 26.9 Å². The number of hydrogen-bond acceptors (Lipinski definition) is 5. The lowest BCUT2D eigenvalue weighted by Crippen LogP contribution is -2.45. The van der Waals surface area contributed by atoms with Crippen LogP contribution in [0.5, 0.6) is 0 Å². The summed E-state index contributed by atoms with van der Waals surface area (Å²) in [6.45, 7) is 3.96. The van der Waals surface area contributed by atoms with Crippen molar-refractivity contribution in [1.82, 2.24) is 5.32 Å². The summed E-state index contributed by atoms with van der Waals surface area (Å²) in [5.74, 6) is 0.179. The van der Waals surface area contributed by atoms with Crippen LogP contribution in [0.2, 0.25) is 0 Å². The second-order valence-corrected chi connectivity index (χ2v) is 4.81. The van der Waals surface area contributed by atoms with Crippen molar-refractivity contribution < 1.29 is 19.4 Å². The largest absolute Gasteiger partial charge is 0.467 e. The zero-order chi connectivity index (χ0) is 12.7. The van der Waals surface area contributed by atoms with E-state index in [1.54, 1.807) is 0 Å². The normalized spacial score (nSPS) is 18.8. The maximum atomic E-state index is 11.1. The van der Waals surface area contributed by atoms with Crippen molar-refractivity contribution in [2.24, 2.45) is 5.92 Å². The lowest BCUT2D eigenvalue weighted by Gasteiger charge is -2.20. The Labute approximate surface area is 102 Å². The molecule has 1 aliphatic carbocycles. The molecule has 1 fully saturated rings. The van der Waals surface area contributed by atoms with Gasteiger partial charge in [0, 0.05) is 19.8 Å². The Morgan fingerprint density at radius 3 is 2.82 bits per heavy atom. The Bertz CT molecular complexity index is 239. The van der Waals surface area contributed by atoms with Crippen LogP contribution >= 0.6 is 0 Å². The molecular weight excluding hydrogens is 222 g/mol. The predicted octanol–water partition coefficient (Wildman–Crippen LogP) is 0.317. The molecule has 0 heterocycles. The summed E-state index contributed by atoms with van der Waals surface area (Å²) in [5, 5.41) is 12.7. The van der Waals surface area contributed by atoms with Crippen LogP contribution < -0.4 is 5.32 Å². The van der Waals surface area contributed by atoms with Crippen LogP contribution in [0.1, 0.15) is 26.2 Å². The number of carbonyl (C=O) groups excluding carboxylic acids is 1. The summed E-state index contributed by atoms with van der Waals surface area (Å²) in [6.07, 6.45) is 3.49. The fraction of sp³-hybridized carbons (Fsp3) is 0.917. The lowest BCUT2D eigenvalue weighted by atomic mass is 10.1. The van der Waals surface area contributed by atoms with E-state index in [2.05, 4.69) is 10.1 Å². The van der Waals surface area contributed by atoms with Gasteiger partial charge in [0.25, 0.3) is 0 Å². The minimum Gasteiger partial charge on any atom is -0.467 e. The third-order valence-electron chi connectivity index (χ3n) is 2.79. The van der Waals surface area contributed by atoms with Crippen molar-refractivity contribution in [3.05, 3.63) is 0 Å². The monoisotopic (exact) mass is 245 g/mol. The van der Waals surface area contributed by atoms with Gasteiger partial charge in [-0.05, 0) is 38.6 Å². The smallest absolute Gasteiger partial charge is 0.338 e. The molecule has 0 aromatic heterocycles. The molecule has 17 heavy (non-hydrogen) atoms. The molecule has 1 saturated carbocycles. The summed E-state index contributed by atoms with van der Waals surface area (Å²) in [5.41, 5.74) is -1.45. The van der Waals surface area contributed by atoms with Crippen LogP contribution in [0.25, 0.3) is 0 Å². The minimum absolute atomic E-state index is 0.197. The highest BCUT2D eigenvalue weighted by molar-refractivity contribution is 5.78. The molecule has 5 nitrogen and oxygen atoms in total. The van der Waals surface area contributed by atoms with E-state index >= 15 is 0 Å². The van der Waals surface area contributed by atoms with Gasteiger partial charge in [-0.15, -0.1) is 0 Å². The van der Waals surface area contributed by atoms with E-state index in [0.29, 0.717) is 0 Å². The van der Waals surface area contributed by atoms with E-state index in [-0.39, 0.29) is 6.54 Å². The van der Waals surface area contributed by atoms with Crippen molar-refractivity contribution in [2.75, 3.05) is 33.4 Å². The Balaban J connectivity index is 1.93. The molecule has 0 bridgehead atoms. The number of esters is 1. The molecule has 0 aromatic rings. The zero-order valence-corrected chi connectivity index (χ0v) is 10.7. The van der Waals surface area contributed by atoms with Gasteiger partial charge in [0.15, 0.2) is 5.60 Å². The summed E-state index contributed by atoms with van der Waals surface area (Å²) < 4.78 is 9.95. The molecule has 0 aliphatic heterocycles. The molecule has 0 aromatic carbocycles.